The van der Waals surface area contributed by atoms with Crippen LogP contribution in [-0.2, 0) is 16.4 Å². The highest BCUT2D eigenvalue weighted by atomic mass is 32.2. The molecule has 1 aliphatic rings. The van der Waals surface area contributed by atoms with Crippen molar-refractivity contribution in [1.82, 2.24) is 9.62 Å². The first-order chi connectivity index (χ1) is 10.5. The van der Waals surface area contributed by atoms with Gasteiger partial charge in [0.25, 0.3) is 0 Å². The molecule has 124 valence electrons. The molecule has 1 aromatic rings. The van der Waals surface area contributed by atoms with Crippen molar-refractivity contribution in [3.63, 3.8) is 0 Å². The summed E-state index contributed by atoms with van der Waals surface area (Å²) in [5.41, 5.74) is 0.941. The maximum absolute atomic E-state index is 11.5. The van der Waals surface area contributed by atoms with Gasteiger partial charge in [-0.1, -0.05) is 30.3 Å². The quantitative estimate of drug-likeness (QED) is 0.748. The summed E-state index contributed by atoms with van der Waals surface area (Å²) in [5.74, 6) is 0.0994. The third-order valence-corrected chi connectivity index (χ3v) is 5.90. The Hall–Kier alpha value is -0.950. The van der Waals surface area contributed by atoms with Gasteiger partial charge in [0, 0.05) is 18.6 Å². The van der Waals surface area contributed by atoms with Gasteiger partial charge in [-0.25, -0.2) is 13.1 Å². The molecule has 0 aliphatic carbocycles. The first-order valence-electron chi connectivity index (χ1n) is 7.88. The van der Waals surface area contributed by atoms with Crippen LogP contribution in [0.15, 0.2) is 30.3 Å². The molecule has 0 radical (unpaired) electrons. The van der Waals surface area contributed by atoms with Crippen LogP contribution < -0.4 is 4.72 Å². The van der Waals surface area contributed by atoms with Crippen molar-refractivity contribution in [2.45, 2.75) is 31.7 Å². The molecule has 1 saturated heterocycles. The molecule has 0 amide bonds. The minimum Gasteiger partial charge on any atom is -0.394 e. The van der Waals surface area contributed by atoms with E-state index in [4.69, 9.17) is 0 Å². The molecule has 1 fully saturated rings. The lowest BCUT2D eigenvalue weighted by molar-refractivity contribution is 0.0656. The SMILES string of the molecule is CCS(=O)(=O)NCCN1CCCC1(CO)Cc1ccccc1. The molecule has 1 aromatic carbocycles. The van der Waals surface area contributed by atoms with Crippen LogP contribution in [0.25, 0.3) is 0 Å². The first kappa shape index (κ1) is 17.4. The van der Waals surface area contributed by atoms with Gasteiger partial charge in [-0.2, -0.15) is 0 Å². The number of hydrogen-bond acceptors (Lipinski definition) is 4. The first-order valence-corrected chi connectivity index (χ1v) is 9.54. The van der Waals surface area contributed by atoms with Crippen LogP contribution in [0.4, 0.5) is 0 Å². The smallest absolute Gasteiger partial charge is 0.211 e. The number of sulfonamides is 1. The number of nitrogens with one attached hydrogen (secondary N) is 1. The number of likely N-dealkylation sites (tertiary alicyclic amines) is 1. The van der Waals surface area contributed by atoms with Gasteiger partial charge in [-0.05, 0) is 38.3 Å². The van der Waals surface area contributed by atoms with Crippen molar-refractivity contribution in [1.29, 1.82) is 0 Å². The Bertz CT molecular complexity index is 562. The maximum Gasteiger partial charge on any atom is 0.211 e. The average molecular weight is 326 g/mol. The van der Waals surface area contributed by atoms with Crippen molar-refractivity contribution < 1.29 is 13.5 Å². The zero-order valence-corrected chi connectivity index (χ0v) is 14.0. The van der Waals surface area contributed by atoms with E-state index >= 15 is 0 Å². The molecular weight excluding hydrogens is 300 g/mol. The van der Waals surface area contributed by atoms with Crippen LogP contribution in [0.3, 0.4) is 0 Å². The Morgan fingerprint density at radius 2 is 2.05 bits per heavy atom. The van der Waals surface area contributed by atoms with E-state index in [1.807, 2.05) is 18.2 Å². The lowest BCUT2D eigenvalue weighted by Gasteiger charge is -2.37. The number of nitrogens with zero attached hydrogens (tertiary/aromatic N) is 1. The molecule has 2 rings (SSSR count). The molecule has 2 N–H and O–H groups in total. The van der Waals surface area contributed by atoms with Gasteiger partial charge in [0.1, 0.15) is 0 Å². The largest absolute Gasteiger partial charge is 0.394 e. The van der Waals surface area contributed by atoms with Crippen LogP contribution in [0, 0.1) is 0 Å². The summed E-state index contributed by atoms with van der Waals surface area (Å²) < 4.78 is 25.6. The topological polar surface area (TPSA) is 69.6 Å². The predicted molar refractivity (Wildman–Crippen MR) is 88.2 cm³/mol. The number of aliphatic hydroxyl groups is 1. The van der Waals surface area contributed by atoms with Crippen molar-refractivity contribution >= 4 is 10.0 Å². The zero-order chi connectivity index (χ0) is 16.1. The van der Waals surface area contributed by atoms with Crippen LogP contribution >= 0.6 is 0 Å². The molecule has 0 saturated carbocycles. The minimum atomic E-state index is -3.15. The summed E-state index contributed by atoms with van der Waals surface area (Å²) in [7, 11) is -3.15. The predicted octanol–water partition coefficient (Wildman–Crippen LogP) is 0.995. The molecule has 0 bridgehead atoms. The lowest BCUT2D eigenvalue weighted by Crippen LogP contribution is -2.51. The van der Waals surface area contributed by atoms with E-state index in [-0.39, 0.29) is 17.9 Å². The molecule has 5 nitrogen and oxygen atoms in total. The highest BCUT2D eigenvalue weighted by Crippen LogP contribution is 2.32. The lowest BCUT2D eigenvalue weighted by atomic mass is 9.89. The van der Waals surface area contributed by atoms with Gasteiger partial charge >= 0.3 is 0 Å². The van der Waals surface area contributed by atoms with E-state index in [0.29, 0.717) is 13.1 Å². The van der Waals surface area contributed by atoms with Gasteiger partial charge in [0.15, 0.2) is 0 Å². The summed E-state index contributed by atoms with van der Waals surface area (Å²) in [4.78, 5) is 2.23. The summed E-state index contributed by atoms with van der Waals surface area (Å²) in [6.45, 7) is 3.66. The van der Waals surface area contributed by atoms with E-state index in [2.05, 4.69) is 21.8 Å². The van der Waals surface area contributed by atoms with Crippen molar-refractivity contribution in [3.8, 4) is 0 Å². The fourth-order valence-corrected chi connectivity index (χ4v) is 3.80. The zero-order valence-electron chi connectivity index (χ0n) is 13.2. The van der Waals surface area contributed by atoms with Gasteiger partial charge in [0.2, 0.25) is 10.0 Å². The van der Waals surface area contributed by atoms with Crippen LogP contribution in [0.5, 0.6) is 0 Å². The second kappa shape index (κ2) is 7.55. The molecule has 1 atom stereocenters. The molecule has 1 aliphatic heterocycles. The molecule has 1 unspecified atom stereocenters. The Labute approximate surface area is 133 Å². The average Bonchev–Trinajstić information content (AvgIpc) is 2.91. The third kappa shape index (κ3) is 4.29. The van der Waals surface area contributed by atoms with E-state index in [1.165, 1.54) is 5.56 Å². The molecular formula is C16H26N2O3S. The Balaban J connectivity index is 2.00. The van der Waals surface area contributed by atoms with Crippen molar-refractivity contribution in [3.05, 3.63) is 35.9 Å². The van der Waals surface area contributed by atoms with E-state index in [0.717, 1.165) is 25.8 Å². The third-order valence-electron chi connectivity index (χ3n) is 4.50. The highest BCUT2D eigenvalue weighted by molar-refractivity contribution is 7.89. The molecule has 22 heavy (non-hydrogen) atoms. The molecule has 0 aromatic heterocycles. The molecule has 0 spiro atoms. The number of hydrogen-bond donors (Lipinski definition) is 2. The Morgan fingerprint density at radius 3 is 2.68 bits per heavy atom. The van der Waals surface area contributed by atoms with Crippen molar-refractivity contribution in [2.24, 2.45) is 0 Å². The van der Waals surface area contributed by atoms with Gasteiger partial charge < -0.3 is 5.11 Å². The summed E-state index contributed by atoms with van der Waals surface area (Å²) >= 11 is 0. The normalized spacial score (nSPS) is 23.0. The van der Waals surface area contributed by atoms with Crippen molar-refractivity contribution in [2.75, 3.05) is 32.0 Å². The van der Waals surface area contributed by atoms with Crippen LogP contribution in [-0.4, -0.2) is 56.0 Å². The van der Waals surface area contributed by atoms with E-state index < -0.39 is 10.0 Å². The van der Waals surface area contributed by atoms with Crippen LogP contribution in [0.1, 0.15) is 25.3 Å². The minimum absolute atomic E-state index is 0.0994. The van der Waals surface area contributed by atoms with Gasteiger partial charge in [-0.15, -0.1) is 0 Å². The fourth-order valence-electron chi connectivity index (χ4n) is 3.19. The summed E-state index contributed by atoms with van der Waals surface area (Å²) in [5, 5.41) is 9.97. The molecule has 1 heterocycles. The second-order valence-corrected chi connectivity index (χ2v) is 8.03. The highest BCUT2D eigenvalue weighted by Gasteiger charge is 2.40. The van der Waals surface area contributed by atoms with Crippen LogP contribution in [0.2, 0.25) is 0 Å². The number of benzene rings is 1. The molecule has 6 heteroatoms. The standard InChI is InChI=1S/C16H26N2O3S/c1-2-22(20,21)17-10-12-18-11-6-9-16(18,14-19)13-15-7-4-3-5-8-15/h3-5,7-8,17,19H,2,6,9-14H2,1H3. The van der Waals surface area contributed by atoms with Gasteiger partial charge in [0.05, 0.1) is 12.4 Å². The Kier molecular flexibility index (Phi) is 5.97. The van der Waals surface area contributed by atoms with Gasteiger partial charge in [-0.3, -0.25) is 4.90 Å². The summed E-state index contributed by atoms with van der Waals surface area (Å²) in [6, 6.07) is 10.2. The monoisotopic (exact) mass is 326 g/mol. The summed E-state index contributed by atoms with van der Waals surface area (Å²) in [6.07, 6.45) is 2.78. The Morgan fingerprint density at radius 1 is 1.32 bits per heavy atom. The fraction of sp³-hybridized carbons (Fsp3) is 0.625. The number of aliphatic hydroxyl groups excluding tert-OH is 1. The second-order valence-electron chi connectivity index (χ2n) is 5.93. The van der Waals surface area contributed by atoms with E-state index in [1.54, 1.807) is 6.92 Å². The van der Waals surface area contributed by atoms with E-state index in [9.17, 15) is 13.5 Å². The maximum atomic E-state index is 11.5. The number of rotatable bonds is 8.